The number of hydrogen-bond acceptors (Lipinski definition) is 5. The van der Waals surface area contributed by atoms with Gasteiger partial charge in [-0.1, -0.05) is 12.1 Å². The number of carboxylic acid groups (broad SMARTS) is 1. The molecular weight excluding hydrogens is 276 g/mol. The van der Waals surface area contributed by atoms with E-state index in [2.05, 4.69) is 0 Å². The van der Waals surface area contributed by atoms with Crippen LogP contribution in [-0.2, 0) is 20.7 Å². The molecule has 0 aliphatic carbocycles. The van der Waals surface area contributed by atoms with Gasteiger partial charge in [0.1, 0.15) is 5.75 Å². The van der Waals surface area contributed by atoms with Crippen molar-refractivity contribution >= 4 is 11.9 Å². The van der Waals surface area contributed by atoms with Gasteiger partial charge in [0.2, 0.25) is 0 Å². The topological polar surface area (TPSA) is 93.1 Å². The molecule has 0 fully saturated rings. The maximum absolute atomic E-state index is 11.3. The minimum atomic E-state index is -1.63. The third kappa shape index (κ3) is 5.07. The van der Waals surface area contributed by atoms with E-state index in [4.69, 9.17) is 14.6 Å². The molecule has 0 spiro atoms. The summed E-state index contributed by atoms with van der Waals surface area (Å²) >= 11 is 0. The number of ether oxygens (including phenoxy) is 2. The van der Waals surface area contributed by atoms with E-state index < -0.39 is 12.1 Å². The summed E-state index contributed by atoms with van der Waals surface area (Å²) in [5, 5.41) is 18.5. The number of aliphatic hydroxyl groups is 1. The van der Waals surface area contributed by atoms with E-state index in [1.54, 1.807) is 26.0 Å². The van der Waals surface area contributed by atoms with Gasteiger partial charge < -0.3 is 19.7 Å². The van der Waals surface area contributed by atoms with Crippen molar-refractivity contribution in [1.82, 2.24) is 0 Å². The van der Waals surface area contributed by atoms with E-state index in [1.807, 2.05) is 0 Å². The average molecular weight is 296 g/mol. The molecule has 0 aliphatic heterocycles. The molecule has 116 valence electrons. The van der Waals surface area contributed by atoms with Crippen molar-refractivity contribution in [3.63, 3.8) is 0 Å². The first kappa shape index (κ1) is 17.0. The predicted octanol–water partition coefficient (Wildman–Crippen LogP) is 1.70. The smallest absolute Gasteiger partial charge is 0.337 e. The molecule has 1 atom stereocenters. The zero-order valence-electron chi connectivity index (χ0n) is 12.2. The highest BCUT2D eigenvalue weighted by Gasteiger charge is 2.20. The number of carboxylic acids is 1. The summed E-state index contributed by atoms with van der Waals surface area (Å²) in [5.41, 5.74) is 1.01. The molecule has 1 aromatic carbocycles. The molecule has 6 heteroatoms. The first-order valence-electron chi connectivity index (χ1n) is 6.81. The molecule has 0 aliphatic rings. The van der Waals surface area contributed by atoms with E-state index in [1.165, 1.54) is 6.07 Å². The number of aliphatic hydroxyl groups excluding tert-OH is 1. The van der Waals surface area contributed by atoms with Gasteiger partial charge in [-0.3, -0.25) is 4.79 Å². The Kier molecular flexibility index (Phi) is 6.68. The quantitative estimate of drug-likeness (QED) is 0.709. The number of carbonyl (C=O) groups excluding carboxylic acids is 1. The van der Waals surface area contributed by atoms with E-state index in [0.29, 0.717) is 25.4 Å². The second-order valence-corrected chi connectivity index (χ2v) is 4.35. The molecule has 0 saturated heterocycles. The summed E-state index contributed by atoms with van der Waals surface area (Å²) in [6.07, 6.45) is -0.937. The van der Waals surface area contributed by atoms with Crippen LogP contribution in [0.3, 0.4) is 0 Å². The van der Waals surface area contributed by atoms with E-state index >= 15 is 0 Å². The molecule has 21 heavy (non-hydrogen) atoms. The standard InChI is InChI=1S/C15H20O6/c1-3-20-12-9-10(6-8-13(16)21-4-2)5-7-11(12)14(17)15(18)19/h5,7,9,14,17H,3-4,6,8H2,1-2H3,(H,18,19). The van der Waals surface area contributed by atoms with Gasteiger partial charge in [-0.2, -0.15) is 0 Å². The van der Waals surface area contributed by atoms with Gasteiger partial charge in [0.15, 0.2) is 6.10 Å². The summed E-state index contributed by atoms with van der Waals surface area (Å²) in [7, 11) is 0. The highest BCUT2D eigenvalue weighted by atomic mass is 16.5. The fourth-order valence-electron chi connectivity index (χ4n) is 1.85. The summed E-state index contributed by atoms with van der Waals surface area (Å²) < 4.78 is 10.2. The van der Waals surface area contributed by atoms with Gasteiger partial charge in [0, 0.05) is 12.0 Å². The van der Waals surface area contributed by atoms with Gasteiger partial charge in [0.25, 0.3) is 0 Å². The number of benzene rings is 1. The van der Waals surface area contributed by atoms with Crippen LogP contribution in [0.25, 0.3) is 0 Å². The van der Waals surface area contributed by atoms with Crippen LogP contribution in [0.5, 0.6) is 5.75 Å². The molecule has 0 heterocycles. The summed E-state index contributed by atoms with van der Waals surface area (Å²) in [6, 6.07) is 4.82. The number of esters is 1. The predicted molar refractivity (Wildman–Crippen MR) is 75.2 cm³/mol. The zero-order chi connectivity index (χ0) is 15.8. The van der Waals surface area contributed by atoms with Crippen molar-refractivity contribution in [1.29, 1.82) is 0 Å². The number of aliphatic carboxylic acids is 1. The maximum Gasteiger partial charge on any atom is 0.337 e. The summed E-state index contributed by atoms with van der Waals surface area (Å²) in [4.78, 5) is 22.2. The lowest BCUT2D eigenvalue weighted by Crippen LogP contribution is -2.12. The lowest BCUT2D eigenvalue weighted by atomic mass is 10.0. The maximum atomic E-state index is 11.3. The zero-order valence-corrected chi connectivity index (χ0v) is 12.2. The fourth-order valence-corrected chi connectivity index (χ4v) is 1.85. The largest absolute Gasteiger partial charge is 0.493 e. The van der Waals surface area contributed by atoms with Crippen molar-refractivity contribution in [3.8, 4) is 5.75 Å². The molecule has 0 bridgehead atoms. The van der Waals surface area contributed by atoms with Crippen LogP contribution >= 0.6 is 0 Å². The Morgan fingerprint density at radius 1 is 1.24 bits per heavy atom. The minimum absolute atomic E-state index is 0.198. The Hall–Kier alpha value is -2.08. The Labute approximate surface area is 123 Å². The number of aryl methyl sites for hydroxylation is 1. The second kappa shape index (κ2) is 8.26. The van der Waals surface area contributed by atoms with Gasteiger partial charge in [-0.15, -0.1) is 0 Å². The molecular formula is C15H20O6. The van der Waals surface area contributed by atoms with Crippen LogP contribution in [0.1, 0.15) is 37.5 Å². The van der Waals surface area contributed by atoms with Gasteiger partial charge in [-0.05, 0) is 31.9 Å². The van der Waals surface area contributed by atoms with Crippen LogP contribution < -0.4 is 4.74 Å². The lowest BCUT2D eigenvalue weighted by molar-refractivity contribution is -0.147. The molecule has 0 saturated carbocycles. The molecule has 0 radical (unpaired) electrons. The SMILES string of the molecule is CCOC(=O)CCc1ccc(C(O)C(=O)O)c(OCC)c1. The second-order valence-electron chi connectivity index (χ2n) is 4.35. The van der Waals surface area contributed by atoms with Crippen LogP contribution in [0.15, 0.2) is 18.2 Å². The Balaban J connectivity index is 2.87. The molecule has 1 unspecified atom stereocenters. The first-order chi connectivity index (χ1) is 9.99. The molecule has 1 rings (SSSR count). The van der Waals surface area contributed by atoms with Crippen LogP contribution in [0.4, 0.5) is 0 Å². The Bertz CT molecular complexity index is 497. The van der Waals surface area contributed by atoms with Crippen molar-refractivity contribution < 1.29 is 29.3 Å². The van der Waals surface area contributed by atoms with Crippen LogP contribution in [0.2, 0.25) is 0 Å². The first-order valence-corrected chi connectivity index (χ1v) is 6.81. The summed E-state index contributed by atoms with van der Waals surface area (Å²) in [6.45, 7) is 4.20. The third-order valence-electron chi connectivity index (χ3n) is 2.83. The average Bonchev–Trinajstić information content (AvgIpc) is 2.45. The minimum Gasteiger partial charge on any atom is -0.493 e. The van der Waals surface area contributed by atoms with Crippen molar-refractivity contribution in [2.75, 3.05) is 13.2 Å². The monoisotopic (exact) mass is 296 g/mol. The van der Waals surface area contributed by atoms with Crippen LogP contribution in [0, 0.1) is 0 Å². The van der Waals surface area contributed by atoms with Crippen molar-refractivity contribution in [2.24, 2.45) is 0 Å². The molecule has 2 N–H and O–H groups in total. The molecule has 1 aromatic rings. The third-order valence-corrected chi connectivity index (χ3v) is 2.83. The normalized spacial score (nSPS) is 11.8. The van der Waals surface area contributed by atoms with E-state index in [-0.39, 0.29) is 18.0 Å². The molecule has 0 amide bonds. The highest BCUT2D eigenvalue weighted by Crippen LogP contribution is 2.27. The Morgan fingerprint density at radius 2 is 1.95 bits per heavy atom. The van der Waals surface area contributed by atoms with Gasteiger partial charge in [-0.25, -0.2) is 4.79 Å². The lowest BCUT2D eigenvalue weighted by Gasteiger charge is -2.14. The van der Waals surface area contributed by atoms with Crippen LogP contribution in [-0.4, -0.2) is 35.4 Å². The van der Waals surface area contributed by atoms with Crippen molar-refractivity contribution in [3.05, 3.63) is 29.3 Å². The fraction of sp³-hybridized carbons (Fsp3) is 0.467. The molecule has 6 nitrogen and oxygen atoms in total. The highest BCUT2D eigenvalue weighted by molar-refractivity contribution is 5.75. The number of carbonyl (C=O) groups is 2. The summed E-state index contributed by atoms with van der Waals surface area (Å²) in [5.74, 6) is -1.31. The Morgan fingerprint density at radius 3 is 2.52 bits per heavy atom. The van der Waals surface area contributed by atoms with Gasteiger partial charge in [0.05, 0.1) is 13.2 Å². The van der Waals surface area contributed by atoms with Gasteiger partial charge >= 0.3 is 11.9 Å². The van der Waals surface area contributed by atoms with Crippen molar-refractivity contribution in [2.45, 2.75) is 32.8 Å². The molecule has 0 aromatic heterocycles. The van der Waals surface area contributed by atoms with E-state index in [0.717, 1.165) is 5.56 Å². The van der Waals surface area contributed by atoms with E-state index in [9.17, 15) is 14.7 Å². The number of hydrogen-bond donors (Lipinski definition) is 2. The number of rotatable bonds is 8.